The van der Waals surface area contributed by atoms with Crippen molar-refractivity contribution >= 4 is 0 Å². The smallest absolute Gasteiger partial charge is 0.330 e. The summed E-state index contributed by atoms with van der Waals surface area (Å²) in [6.07, 6.45) is 3.96. The first-order valence-electron chi connectivity index (χ1n) is 5.75. The van der Waals surface area contributed by atoms with Crippen molar-refractivity contribution in [3.05, 3.63) is 44.8 Å². The molecule has 2 rings (SSSR count). The minimum Gasteiger partial charge on any atom is -0.392 e. The van der Waals surface area contributed by atoms with Gasteiger partial charge < -0.3 is 9.84 Å². The molecule has 1 aromatic rings. The summed E-state index contributed by atoms with van der Waals surface area (Å²) in [7, 11) is 0. The minimum absolute atomic E-state index is 0.308. The molecule has 100 valence electrons. The van der Waals surface area contributed by atoms with Gasteiger partial charge in [0, 0.05) is 11.8 Å². The van der Waals surface area contributed by atoms with Crippen molar-refractivity contribution in [2.24, 2.45) is 0 Å². The van der Waals surface area contributed by atoms with Crippen LogP contribution in [0.15, 0.2) is 27.9 Å². The Morgan fingerprint density at radius 2 is 2.32 bits per heavy atom. The maximum Gasteiger partial charge on any atom is 0.330 e. The number of ether oxygens (including phenoxy) is 1. The van der Waals surface area contributed by atoms with E-state index in [4.69, 9.17) is 4.74 Å². The van der Waals surface area contributed by atoms with Crippen LogP contribution < -0.4 is 11.2 Å². The first-order chi connectivity index (χ1) is 9.01. The normalized spacial score (nSPS) is 25.1. The van der Waals surface area contributed by atoms with Crippen molar-refractivity contribution < 1.29 is 9.84 Å². The summed E-state index contributed by atoms with van der Waals surface area (Å²) in [6.45, 7) is 2.93. The molecule has 0 spiro atoms. The third-order valence-corrected chi connectivity index (χ3v) is 2.85. The van der Waals surface area contributed by atoms with E-state index in [1.165, 1.54) is 10.8 Å². The number of aryl methyl sites for hydroxylation is 1. The van der Waals surface area contributed by atoms with Crippen LogP contribution in [0.3, 0.4) is 0 Å². The van der Waals surface area contributed by atoms with Gasteiger partial charge in [0.15, 0.2) is 11.8 Å². The largest absolute Gasteiger partial charge is 0.392 e. The molecule has 0 saturated carbocycles. The molecule has 0 amide bonds. The second-order valence-corrected chi connectivity index (χ2v) is 4.27. The molecule has 1 aliphatic rings. The fraction of sp³-hybridized carbons (Fsp3) is 0.385. The first-order valence-corrected chi connectivity index (χ1v) is 5.75. The average Bonchev–Trinajstić information content (AvgIpc) is 2.79. The highest BCUT2D eigenvalue weighted by atomic mass is 16.5. The molecule has 1 unspecified atom stereocenters. The number of aromatic amines is 1. The molecule has 19 heavy (non-hydrogen) atoms. The van der Waals surface area contributed by atoms with E-state index in [9.17, 15) is 14.7 Å². The minimum atomic E-state index is -1.09. The van der Waals surface area contributed by atoms with Gasteiger partial charge in [-0.25, -0.2) is 4.79 Å². The van der Waals surface area contributed by atoms with Crippen LogP contribution in [-0.2, 0) is 4.74 Å². The van der Waals surface area contributed by atoms with Crippen LogP contribution in [-0.4, -0.2) is 26.9 Å². The van der Waals surface area contributed by atoms with Crippen molar-refractivity contribution in [2.75, 3.05) is 6.61 Å². The zero-order chi connectivity index (χ0) is 14.0. The van der Waals surface area contributed by atoms with Gasteiger partial charge in [0.05, 0.1) is 6.61 Å². The highest BCUT2D eigenvalue weighted by Gasteiger charge is 2.34. The van der Waals surface area contributed by atoms with Gasteiger partial charge in [0.1, 0.15) is 0 Å². The topological polar surface area (TPSA) is 84.3 Å². The first kappa shape index (κ1) is 13.3. The maximum atomic E-state index is 11.7. The molecule has 0 saturated heterocycles. The van der Waals surface area contributed by atoms with E-state index in [1.54, 1.807) is 26.0 Å². The lowest BCUT2D eigenvalue weighted by Crippen LogP contribution is -2.36. The number of H-pyrrole nitrogens is 1. The number of aliphatic hydroxyl groups excluding tert-OH is 1. The van der Waals surface area contributed by atoms with Gasteiger partial charge in [0.2, 0.25) is 0 Å². The third kappa shape index (κ3) is 2.38. The molecule has 0 aromatic carbocycles. The van der Waals surface area contributed by atoms with E-state index in [0.29, 0.717) is 5.56 Å². The Balaban J connectivity index is 2.39. The summed E-state index contributed by atoms with van der Waals surface area (Å²) in [5.74, 6) is 5.43. The Hall–Kier alpha value is -2.10. The zero-order valence-electron chi connectivity index (χ0n) is 10.6. The van der Waals surface area contributed by atoms with E-state index in [0.717, 1.165) is 0 Å². The lowest BCUT2D eigenvalue weighted by Gasteiger charge is -2.22. The standard InChI is InChI=1S/C13H14N2O4/c1-3-5-13(8-16)6-4-10(19-13)15-7-9(2)11(17)14-12(15)18/h4,6-7,10,16H,8H2,1-2H3,(H,14,17,18)/t10?,13-/m0/s1. The van der Waals surface area contributed by atoms with Gasteiger partial charge in [0.25, 0.3) is 5.56 Å². The predicted octanol–water partition coefficient (Wildman–Crippen LogP) is -0.316. The van der Waals surface area contributed by atoms with Crippen molar-refractivity contribution in [1.82, 2.24) is 9.55 Å². The van der Waals surface area contributed by atoms with Crippen LogP contribution in [0.5, 0.6) is 0 Å². The molecule has 1 aromatic heterocycles. The SMILES string of the molecule is CC#C[C@@]1(CO)C=CC(n2cc(C)c(=O)[nH]c2=O)O1. The van der Waals surface area contributed by atoms with E-state index in [2.05, 4.69) is 16.8 Å². The van der Waals surface area contributed by atoms with E-state index in [-0.39, 0.29) is 6.61 Å². The summed E-state index contributed by atoms with van der Waals surface area (Å²) in [5, 5.41) is 9.36. The zero-order valence-corrected chi connectivity index (χ0v) is 10.6. The Morgan fingerprint density at radius 1 is 1.58 bits per heavy atom. The fourth-order valence-electron chi connectivity index (χ4n) is 1.87. The quantitative estimate of drug-likeness (QED) is 0.565. The van der Waals surface area contributed by atoms with Crippen molar-refractivity contribution in [1.29, 1.82) is 0 Å². The number of aromatic nitrogens is 2. The summed E-state index contributed by atoms with van der Waals surface area (Å²) in [5.41, 5.74) is -1.68. The molecule has 0 fully saturated rings. The molecule has 0 bridgehead atoms. The van der Waals surface area contributed by atoms with Gasteiger partial charge in [-0.15, -0.1) is 5.92 Å². The highest BCUT2D eigenvalue weighted by molar-refractivity contribution is 5.27. The van der Waals surface area contributed by atoms with Crippen molar-refractivity contribution in [3.8, 4) is 11.8 Å². The molecule has 2 atom stereocenters. The monoisotopic (exact) mass is 262 g/mol. The molecular weight excluding hydrogens is 248 g/mol. The fourth-order valence-corrected chi connectivity index (χ4v) is 1.87. The molecule has 6 nitrogen and oxygen atoms in total. The summed E-state index contributed by atoms with van der Waals surface area (Å²) in [6, 6.07) is 0. The van der Waals surface area contributed by atoms with E-state index < -0.39 is 23.1 Å². The molecular formula is C13H14N2O4. The number of aliphatic hydroxyl groups is 1. The molecule has 0 radical (unpaired) electrons. The van der Waals surface area contributed by atoms with Gasteiger partial charge in [-0.1, -0.05) is 5.92 Å². The molecule has 0 aliphatic carbocycles. The molecule has 2 N–H and O–H groups in total. The van der Waals surface area contributed by atoms with Crippen LogP contribution in [0.4, 0.5) is 0 Å². The van der Waals surface area contributed by atoms with E-state index in [1.807, 2.05) is 0 Å². The van der Waals surface area contributed by atoms with Crippen LogP contribution in [0.1, 0.15) is 18.7 Å². The van der Waals surface area contributed by atoms with Crippen LogP contribution >= 0.6 is 0 Å². The van der Waals surface area contributed by atoms with E-state index >= 15 is 0 Å². The van der Waals surface area contributed by atoms with Crippen LogP contribution in [0, 0.1) is 18.8 Å². The highest BCUT2D eigenvalue weighted by Crippen LogP contribution is 2.28. The van der Waals surface area contributed by atoms with Gasteiger partial charge >= 0.3 is 5.69 Å². The predicted molar refractivity (Wildman–Crippen MR) is 68.6 cm³/mol. The molecule has 1 aliphatic heterocycles. The maximum absolute atomic E-state index is 11.7. The van der Waals surface area contributed by atoms with Crippen LogP contribution in [0.25, 0.3) is 0 Å². The number of hydrogen-bond acceptors (Lipinski definition) is 4. The molecule has 6 heteroatoms. The van der Waals surface area contributed by atoms with Crippen LogP contribution in [0.2, 0.25) is 0 Å². The van der Waals surface area contributed by atoms with Gasteiger partial charge in [-0.3, -0.25) is 14.3 Å². The second kappa shape index (κ2) is 4.88. The Morgan fingerprint density at radius 3 is 2.95 bits per heavy atom. The number of rotatable bonds is 2. The Kier molecular flexibility index (Phi) is 3.42. The lowest BCUT2D eigenvalue weighted by atomic mass is 10.1. The Labute approximate surface area is 109 Å². The van der Waals surface area contributed by atoms with Crippen molar-refractivity contribution in [3.63, 3.8) is 0 Å². The van der Waals surface area contributed by atoms with Crippen molar-refractivity contribution in [2.45, 2.75) is 25.7 Å². The Bertz CT molecular complexity index is 689. The summed E-state index contributed by atoms with van der Waals surface area (Å²) in [4.78, 5) is 25.2. The van der Waals surface area contributed by atoms with Gasteiger partial charge in [-0.05, 0) is 26.0 Å². The number of nitrogens with one attached hydrogen (secondary N) is 1. The average molecular weight is 262 g/mol. The number of nitrogens with zero attached hydrogens (tertiary/aromatic N) is 1. The lowest BCUT2D eigenvalue weighted by molar-refractivity contribution is -0.0504. The summed E-state index contributed by atoms with van der Waals surface area (Å²) >= 11 is 0. The summed E-state index contributed by atoms with van der Waals surface area (Å²) < 4.78 is 6.86. The van der Waals surface area contributed by atoms with Gasteiger partial charge in [-0.2, -0.15) is 0 Å². The second-order valence-electron chi connectivity index (χ2n) is 4.27. The third-order valence-electron chi connectivity index (χ3n) is 2.85. The number of hydrogen-bond donors (Lipinski definition) is 2. The molecule has 2 heterocycles.